The number of hydrogen-bond acceptors (Lipinski definition) is 10. The van der Waals surface area contributed by atoms with Gasteiger partial charge in [0.1, 0.15) is 15.7 Å². The smallest absolute Gasteiger partial charge is 0.255 e. The molecule has 9 nitrogen and oxygen atoms in total. The highest BCUT2D eigenvalue weighted by atomic mass is 35.6. The first-order chi connectivity index (χ1) is 17.0. The number of alkyl halides is 3. The number of nitrogens with two attached hydrogens (primary N) is 1. The molecule has 0 spiro atoms. The average molecular weight is 589 g/mol. The number of halogens is 3. The van der Waals surface area contributed by atoms with Crippen LogP contribution in [0, 0.1) is 0 Å². The zero-order valence-electron chi connectivity index (χ0n) is 19.4. The number of rotatable bonds is 8. The van der Waals surface area contributed by atoms with Gasteiger partial charge in [0.15, 0.2) is 16.6 Å². The van der Waals surface area contributed by atoms with Crippen LogP contribution in [0.15, 0.2) is 29.8 Å². The molecule has 0 radical (unpaired) electrons. The summed E-state index contributed by atoms with van der Waals surface area (Å²) in [5.74, 6) is 1.20. The molecule has 0 saturated carbocycles. The molecule has 14 heteroatoms. The van der Waals surface area contributed by atoms with Crippen molar-refractivity contribution < 1.29 is 19.0 Å². The number of ether oxygens (including phenoxy) is 3. The highest BCUT2D eigenvalue weighted by Gasteiger charge is 2.33. The molecule has 0 fully saturated rings. The number of thiazole rings is 2. The first-order valence-electron chi connectivity index (χ1n) is 10.1. The predicted octanol–water partition coefficient (Wildman–Crippen LogP) is 6.18. The maximum atomic E-state index is 12.4. The van der Waals surface area contributed by atoms with Gasteiger partial charge in [-0.05, 0) is 6.07 Å². The first kappa shape index (κ1) is 26.4. The molecule has 36 heavy (non-hydrogen) atoms. The minimum absolute atomic E-state index is 0.258. The number of benzene rings is 1. The van der Waals surface area contributed by atoms with E-state index in [0.717, 1.165) is 0 Å². The number of carbonyl (C=O) groups is 1. The van der Waals surface area contributed by atoms with E-state index in [0.29, 0.717) is 55.0 Å². The number of aromatic nitrogens is 3. The van der Waals surface area contributed by atoms with Crippen molar-refractivity contribution in [3.8, 4) is 38.4 Å². The third kappa shape index (κ3) is 5.21. The Morgan fingerprint density at radius 2 is 1.75 bits per heavy atom. The third-order valence-electron chi connectivity index (χ3n) is 5.06. The Morgan fingerprint density at radius 1 is 1.08 bits per heavy atom. The Morgan fingerprint density at radius 3 is 2.33 bits per heavy atom. The van der Waals surface area contributed by atoms with Crippen molar-refractivity contribution in [1.29, 1.82) is 0 Å². The Hall–Kier alpha value is -2.70. The second-order valence-electron chi connectivity index (χ2n) is 7.36. The SMILES string of the molecule is COc1cc(Nc2nc(N)c(-c3nc(-c4cc(C(=O)C(Cl)(Cl)Cl)n(C)c4)cs3)s2)cc(OC)c1OC. The van der Waals surface area contributed by atoms with E-state index in [1.165, 1.54) is 22.7 Å². The molecule has 0 aliphatic heterocycles. The Bertz CT molecular complexity index is 1400. The van der Waals surface area contributed by atoms with Gasteiger partial charge >= 0.3 is 0 Å². The van der Waals surface area contributed by atoms with Crippen molar-refractivity contribution in [2.75, 3.05) is 32.4 Å². The van der Waals surface area contributed by atoms with Gasteiger partial charge in [-0.1, -0.05) is 46.1 Å². The first-order valence-corrected chi connectivity index (χ1v) is 13.0. The van der Waals surface area contributed by atoms with Crippen LogP contribution in [-0.2, 0) is 7.05 Å². The monoisotopic (exact) mass is 587 g/mol. The summed E-state index contributed by atoms with van der Waals surface area (Å²) in [7, 11) is 6.33. The number of ketones is 1. The van der Waals surface area contributed by atoms with Crippen LogP contribution in [0.2, 0.25) is 0 Å². The molecule has 3 aromatic heterocycles. The molecular weight excluding hydrogens is 569 g/mol. The summed E-state index contributed by atoms with van der Waals surface area (Å²) in [5, 5.41) is 6.32. The van der Waals surface area contributed by atoms with E-state index in [4.69, 9.17) is 54.7 Å². The fraction of sp³-hybridized carbons (Fsp3) is 0.227. The molecule has 0 amide bonds. The summed E-state index contributed by atoms with van der Waals surface area (Å²) in [4.78, 5) is 22.2. The number of hydrogen-bond donors (Lipinski definition) is 2. The Labute approximate surface area is 229 Å². The number of nitrogens with one attached hydrogen (secondary N) is 1. The van der Waals surface area contributed by atoms with E-state index in [9.17, 15) is 4.79 Å². The van der Waals surface area contributed by atoms with E-state index in [1.807, 2.05) is 5.38 Å². The molecule has 0 atom stereocenters. The van der Waals surface area contributed by atoms with E-state index in [-0.39, 0.29) is 5.69 Å². The number of Topliss-reactive ketones (excluding diaryl/α,β-unsaturated/α-hetero) is 1. The normalized spacial score (nSPS) is 11.4. The number of methoxy groups -OCH3 is 3. The number of aryl methyl sites for hydroxylation is 1. The molecule has 0 unspecified atom stereocenters. The van der Waals surface area contributed by atoms with E-state index in [2.05, 4.69) is 15.3 Å². The molecule has 190 valence electrons. The van der Waals surface area contributed by atoms with E-state index >= 15 is 0 Å². The summed E-state index contributed by atoms with van der Waals surface area (Å²) < 4.78 is 15.7. The number of anilines is 3. The number of nitrogen functional groups attached to an aromatic ring is 1. The minimum atomic E-state index is -2.05. The molecule has 0 aliphatic rings. The van der Waals surface area contributed by atoms with Crippen LogP contribution < -0.4 is 25.3 Å². The summed E-state index contributed by atoms with van der Waals surface area (Å²) in [6.07, 6.45) is 1.75. The molecule has 3 N–H and O–H groups in total. The molecule has 0 saturated heterocycles. The van der Waals surface area contributed by atoms with Gasteiger partial charge in [-0.15, -0.1) is 11.3 Å². The van der Waals surface area contributed by atoms with Gasteiger partial charge < -0.3 is 29.8 Å². The van der Waals surface area contributed by atoms with Crippen molar-refractivity contribution in [1.82, 2.24) is 14.5 Å². The zero-order chi connectivity index (χ0) is 26.2. The maximum absolute atomic E-state index is 12.4. The van der Waals surface area contributed by atoms with Crippen molar-refractivity contribution in [2.45, 2.75) is 3.79 Å². The number of nitrogens with zero attached hydrogens (tertiary/aromatic N) is 3. The Balaban J connectivity index is 1.60. The molecule has 0 bridgehead atoms. The second-order valence-corrected chi connectivity index (χ2v) is 11.5. The predicted molar refractivity (Wildman–Crippen MR) is 146 cm³/mol. The van der Waals surface area contributed by atoms with Crippen LogP contribution in [0.1, 0.15) is 10.5 Å². The average Bonchev–Trinajstić information content (AvgIpc) is 3.55. The van der Waals surface area contributed by atoms with Crippen LogP contribution >= 0.6 is 57.5 Å². The fourth-order valence-corrected chi connectivity index (χ4v) is 5.53. The van der Waals surface area contributed by atoms with Crippen LogP contribution in [0.5, 0.6) is 17.2 Å². The lowest BCUT2D eigenvalue weighted by Gasteiger charge is -2.14. The lowest BCUT2D eigenvalue weighted by Crippen LogP contribution is -2.21. The summed E-state index contributed by atoms with van der Waals surface area (Å²) in [5.41, 5.74) is 8.51. The second kappa shape index (κ2) is 10.3. The number of carbonyl (C=O) groups excluding carboxylic acids is 1. The van der Waals surface area contributed by atoms with Crippen molar-refractivity contribution in [3.63, 3.8) is 0 Å². The lowest BCUT2D eigenvalue weighted by molar-refractivity contribution is 0.0988. The van der Waals surface area contributed by atoms with Crippen molar-refractivity contribution in [3.05, 3.63) is 35.5 Å². The quantitative estimate of drug-likeness (QED) is 0.185. The van der Waals surface area contributed by atoms with Crippen LogP contribution in [0.4, 0.5) is 16.6 Å². The molecule has 0 aliphatic carbocycles. The molecule has 4 rings (SSSR count). The standard InChI is InChI=1S/C22H20Cl3N5O4S2/c1-30-8-10(5-13(30)18(31)22(23,24)25)12-9-35-20(28-12)17-19(26)29-21(36-17)27-11-6-14(32-2)16(34-4)15(7-11)33-3/h5-9H,26H2,1-4H3,(H,27,29). The van der Waals surface area contributed by atoms with Crippen LogP contribution in [0.3, 0.4) is 0 Å². The van der Waals surface area contributed by atoms with Crippen molar-refractivity contribution in [2.24, 2.45) is 7.05 Å². The van der Waals surface area contributed by atoms with Crippen LogP contribution in [-0.4, -0.2) is 45.4 Å². The summed E-state index contributed by atoms with van der Waals surface area (Å²) in [6.45, 7) is 0. The molecule has 1 aromatic carbocycles. The van der Waals surface area contributed by atoms with Crippen LogP contribution in [0.25, 0.3) is 21.1 Å². The maximum Gasteiger partial charge on any atom is 0.255 e. The molecular formula is C22H20Cl3N5O4S2. The Kier molecular flexibility index (Phi) is 7.58. The third-order valence-corrected chi connectivity index (χ3v) is 7.56. The largest absolute Gasteiger partial charge is 0.493 e. The van der Waals surface area contributed by atoms with Gasteiger partial charge in [-0.25, -0.2) is 9.97 Å². The highest BCUT2D eigenvalue weighted by molar-refractivity contribution is 7.23. The zero-order valence-corrected chi connectivity index (χ0v) is 23.3. The van der Waals surface area contributed by atoms with E-state index in [1.54, 1.807) is 57.3 Å². The summed E-state index contributed by atoms with van der Waals surface area (Å²) >= 11 is 20.0. The van der Waals surface area contributed by atoms with Gasteiger partial charge in [0.25, 0.3) is 3.79 Å². The van der Waals surface area contributed by atoms with Gasteiger partial charge in [0.2, 0.25) is 11.5 Å². The van der Waals surface area contributed by atoms with Gasteiger partial charge in [-0.2, -0.15) is 0 Å². The molecule has 4 aromatic rings. The highest BCUT2D eigenvalue weighted by Crippen LogP contribution is 2.43. The molecule has 3 heterocycles. The lowest BCUT2D eigenvalue weighted by atomic mass is 10.2. The van der Waals surface area contributed by atoms with Gasteiger partial charge in [0.05, 0.1) is 32.7 Å². The topological polar surface area (TPSA) is 114 Å². The minimum Gasteiger partial charge on any atom is -0.493 e. The fourth-order valence-electron chi connectivity index (χ4n) is 3.40. The van der Waals surface area contributed by atoms with Gasteiger partial charge in [0, 0.05) is 42.0 Å². The van der Waals surface area contributed by atoms with E-state index < -0.39 is 9.58 Å². The summed E-state index contributed by atoms with van der Waals surface area (Å²) in [6, 6.07) is 5.17. The van der Waals surface area contributed by atoms with Crippen molar-refractivity contribution >= 4 is 79.9 Å². The van der Waals surface area contributed by atoms with Gasteiger partial charge in [-0.3, -0.25) is 4.79 Å².